The summed E-state index contributed by atoms with van der Waals surface area (Å²) in [6.07, 6.45) is -4.21. The number of nitriles is 1. The summed E-state index contributed by atoms with van der Waals surface area (Å²) in [6.45, 7) is 7.92. The Morgan fingerprint density at radius 2 is 1.67 bits per heavy atom. The molecule has 3 aromatic rings. The number of amides is 1. The number of hydrogen-bond acceptors (Lipinski definition) is 5. The van der Waals surface area contributed by atoms with E-state index >= 15 is 0 Å². The number of nitrogens with one attached hydrogen (secondary N) is 1. The highest BCUT2D eigenvalue weighted by atomic mass is 19.4. The lowest BCUT2D eigenvalue weighted by atomic mass is 9.86. The highest BCUT2D eigenvalue weighted by molar-refractivity contribution is 5.95. The summed E-state index contributed by atoms with van der Waals surface area (Å²) in [4.78, 5) is 16.5. The molecular formula is C27H26F3N3O3. The minimum absolute atomic E-state index is 0.00765. The van der Waals surface area contributed by atoms with Gasteiger partial charge in [-0.15, -0.1) is 0 Å². The number of pyridine rings is 1. The molecule has 1 N–H and O–H groups in total. The fourth-order valence-corrected chi connectivity index (χ4v) is 3.23. The summed E-state index contributed by atoms with van der Waals surface area (Å²) in [5, 5.41) is 12.3. The molecule has 1 aromatic heterocycles. The van der Waals surface area contributed by atoms with Crippen molar-refractivity contribution in [3.8, 4) is 23.4 Å². The van der Waals surface area contributed by atoms with Gasteiger partial charge in [-0.3, -0.25) is 4.79 Å². The molecule has 1 amide bonds. The maximum Gasteiger partial charge on any atom is 0.417 e. The van der Waals surface area contributed by atoms with Crippen molar-refractivity contribution < 1.29 is 27.4 Å². The quantitative estimate of drug-likeness (QED) is 0.386. The molecule has 0 fully saturated rings. The Hall–Kier alpha value is -4.06. The van der Waals surface area contributed by atoms with Crippen LogP contribution in [-0.2, 0) is 16.4 Å². The molecule has 0 aliphatic carbocycles. The molecule has 0 spiro atoms. The second-order valence-electron chi connectivity index (χ2n) is 9.08. The minimum Gasteiger partial charge on any atom is -0.481 e. The Morgan fingerprint density at radius 1 is 1.03 bits per heavy atom. The topological polar surface area (TPSA) is 84.2 Å². The lowest BCUT2D eigenvalue weighted by molar-refractivity contribution is -0.137. The monoisotopic (exact) mass is 497 g/mol. The van der Waals surface area contributed by atoms with Crippen LogP contribution in [0.1, 0.15) is 50.8 Å². The van der Waals surface area contributed by atoms with Crippen molar-refractivity contribution in [3.05, 3.63) is 77.5 Å². The van der Waals surface area contributed by atoms with Crippen LogP contribution in [0.15, 0.2) is 60.8 Å². The van der Waals surface area contributed by atoms with Crippen LogP contribution < -0.4 is 14.8 Å². The molecule has 6 nitrogen and oxygen atoms in total. The molecule has 0 saturated heterocycles. The van der Waals surface area contributed by atoms with Gasteiger partial charge >= 0.3 is 6.18 Å². The number of anilines is 1. The number of rotatable bonds is 7. The van der Waals surface area contributed by atoms with Crippen LogP contribution in [0.3, 0.4) is 0 Å². The third-order valence-electron chi connectivity index (χ3n) is 5.32. The van der Waals surface area contributed by atoms with E-state index in [2.05, 4.69) is 16.4 Å². The lowest BCUT2D eigenvalue weighted by Crippen LogP contribution is -2.32. The molecule has 2 aromatic carbocycles. The van der Waals surface area contributed by atoms with Gasteiger partial charge in [-0.2, -0.15) is 18.4 Å². The first-order valence-electron chi connectivity index (χ1n) is 11.2. The predicted octanol–water partition coefficient (Wildman–Crippen LogP) is 6.86. The summed E-state index contributed by atoms with van der Waals surface area (Å²) in [6, 6.07) is 15.8. The van der Waals surface area contributed by atoms with E-state index in [0.717, 1.165) is 17.7 Å². The second kappa shape index (κ2) is 10.7. The third-order valence-corrected chi connectivity index (χ3v) is 5.32. The molecule has 36 heavy (non-hydrogen) atoms. The van der Waals surface area contributed by atoms with Crippen molar-refractivity contribution in [2.24, 2.45) is 0 Å². The van der Waals surface area contributed by atoms with Gasteiger partial charge in [0.2, 0.25) is 5.88 Å². The number of benzene rings is 2. The van der Waals surface area contributed by atoms with Gasteiger partial charge in [0.15, 0.2) is 6.10 Å². The molecule has 188 valence electrons. The first-order chi connectivity index (χ1) is 16.9. The largest absolute Gasteiger partial charge is 0.481 e. The van der Waals surface area contributed by atoms with Crippen LogP contribution in [0.2, 0.25) is 0 Å². The smallest absolute Gasteiger partial charge is 0.417 e. The number of carbonyl (C=O) groups is 1. The number of ether oxygens (including phenoxy) is 2. The molecule has 0 bridgehead atoms. The summed E-state index contributed by atoms with van der Waals surface area (Å²) in [7, 11) is 0. The van der Waals surface area contributed by atoms with Crippen molar-refractivity contribution in [1.82, 2.24) is 4.98 Å². The van der Waals surface area contributed by atoms with E-state index < -0.39 is 23.8 Å². The fourth-order valence-electron chi connectivity index (χ4n) is 3.23. The number of hydrogen-bond donors (Lipinski definition) is 1. The van der Waals surface area contributed by atoms with Crippen molar-refractivity contribution in [2.75, 3.05) is 5.32 Å². The zero-order valence-corrected chi connectivity index (χ0v) is 20.3. The van der Waals surface area contributed by atoms with E-state index in [1.54, 1.807) is 43.3 Å². The van der Waals surface area contributed by atoms with Gasteiger partial charge in [0.05, 0.1) is 16.8 Å². The van der Waals surface area contributed by atoms with Crippen LogP contribution >= 0.6 is 0 Å². The summed E-state index contributed by atoms with van der Waals surface area (Å²) >= 11 is 0. The molecule has 0 radical (unpaired) electrons. The Bertz CT molecular complexity index is 1240. The number of halogens is 3. The Kier molecular flexibility index (Phi) is 7.88. The Balaban J connectivity index is 1.65. The number of aromatic nitrogens is 1. The zero-order valence-electron chi connectivity index (χ0n) is 20.3. The van der Waals surface area contributed by atoms with Crippen molar-refractivity contribution in [3.63, 3.8) is 0 Å². The van der Waals surface area contributed by atoms with Crippen LogP contribution in [0.25, 0.3) is 0 Å². The maximum atomic E-state index is 12.8. The molecule has 0 saturated carbocycles. The molecule has 0 aliphatic heterocycles. The van der Waals surface area contributed by atoms with Gasteiger partial charge in [-0.1, -0.05) is 33.8 Å². The Labute approximate surface area is 207 Å². The number of nitrogens with zero attached hydrogens (tertiary/aromatic N) is 2. The molecule has 9 heteroatoms. The number of alkyl halides is 3. The zero-order chi connectivity index (χ0) is 26.5. The molecular weight excluding hydrogens is 471 g/mol. The standard InChI is InChI=1S/C27H26F3N3O3/c1-5-23(25(34)33-22-12-6-18(26(2,3)4)14-17(22)15-31)35-20-8-10-21(11-9-20)36-24-13-7-19(16-32-24)27(28,29)30/h6-14,16,23H,5H2,1-4H3,(H,33,34). The normalized spacial score (nSPS) is 12.4. The van der Waals surface area contributed by atoms with E-state index in [-0.39, 0.29) is 11.3 Å². The maximum absolute atomic E-state index is 12.8. The van der Waals surface area contributed by atoms with Crippen LogP contribution in [0, 0.1) is 11.3 Å². The highest BCUT2D eigenvalue weighted by Crippen LogP contribution is 2.31. The van der Waals surface area contributed by atoms with Gasteiger partial charge in [-0.05, 0) is 59.9 Å². The van der Waals surface area contributed by atoms with Gasteiger partial charge in [0.1, 0.15) is 17.6 Å². The predicted molar refractivity (Wildman–Crippen MR) is 129 cm³/mol. The van der Waals surface area contributed by atoms with E-state index in [4.69, 9.17) is 9.47 Å². The minimum atomic E-state index is -4.47. The fraction of sp³-hybridized carbons (Fsp3) is 0.296. The van der Waals surface area contributed by atoms with Crippen LogP contribution in [0.4, 0.5) is 18.9 Å². The summed E-state index contributed by atoms with van der Waals surface area (Å²) < 4.78 is 49.3. The van der Waals surface area contributed by atoms with E-state index in [9.17, 15) is 23.2 Å². The molecule has 1 unspecified atom stereocenters. The van der Waals surface area contributed by atoms with Gasteiger partial charge in [0.25, 0.3) is 5.91 Å². The van der Waals surface area contributed by atoms with Crippen molar-refractivity contribution >= 4 is 11.6 Å². The molecule has 0 aliphatic rings. The highest BCUT2D eigenvalue weighted by Gasteiger charge is 2.30. The van der Waals surface area contributed by atoms with Gasteiger partial charge in [-0.25, -0.2) is 4.98 Å². The Morgan fingerprint density at radius 3 is 2.19 bits per heavy atom. The average molecular weight is 498 g/mol. The van der Waals surface area contributed by atoms with E-state index in [0.29, 0.717) is 35.4 Å². The lowest BCUT2D eigenvalue weighted by Gasteiger charge is -2.21. The number of carbonyl (C=O) groups excluding carboxylic acids is 1. The van der Waals surface area contributed by atoms with E-state index in [1.165, 1.54) is 0 Å². The van der Waals surface area contributed by atoms with E-state index in [1.807, 2.05) is 26.8 Å². The van der Waals surface area contributed by atoms with Gasteiger partial charge < -0.3 is 14.8 Å². The SMILES string of the molecule is CCC(Oc1ccc(Oc2ccc(C(F)(F)F)cn2)cc1)C(=O)Nc1ccc(C(C)(C)C)cc1C#N. The first kappa shape index (κ1) is 26.5. The second-order valence-corrected chi connectivity index (χ2v) is 9.08. The first-order valence-corrected chi connectivity index (χ1v) is 11.2. The third kappa shape index (κ3) is 6.75. The summed E-state index contributed by atoms with van der Waals surface area (Å²) in [5.74, 6) is 0.345. The van der Waals surface area contributed by atoms with Crippen molar-refractivity contribution in [2.45, 2.75) is 51.8 Å². The van der Waals surface area contributed by atoms with Gasteiger partial charge in [0, 0.05) is 12.3 Å². The van der Waals surface area contributed by atoms with Crippen LogP contribution in [0.5, 0.6) is 17.4 Å². The molecule has 3 rings (SSSR count). The van der Waals surface area contributed by atoms with Crippen molar-refractivity contribution in [1.29, 1.82) is 5.26 Å². The average Bonchev–Trinajstić information content (AvgIpc) is 2.82. The molecule has 1 heterocycles. The summed E-state index contributed by atoms with van der Waals surface area (Å²) in [5.41, 5.74) is 0.750. The van der Waals surface area contributed by atoms with Crippen LogP contribution in [-0.4, -0.2) is 17.0 Å². The molecule has 1 atom stereocenters.